The molecule has 0 aliphatic carbocycles. The van der Waals surface area contributed by atoms with Crippen LogP contribution in [0.4, 0.5) is 0 Å². The van der Waals surface area contributed by atoms with Gasteiger partial charge in [0.15, 0.2) is 0 Å². The molecule has 0 bridgehead atoms. The van der Waals surface area contributed by atoms with E-state index in [2.05, 4.69) is 4.72 Å². The number of carbonyl (C=O) groups is 1. The van der Waals surface area contributed by atoms with Gasteiger partial charge >= 0.3 is 0 Å². The minimum absolute atomic E-state index is 0.0734. The third-order valence-corrected chi connectivity index (χ3v) is 5.86. The van der Waals surface area contributed by atoms with Gasteiger partial charge < -0.3 is 9.64 Å². The molecule has 1 heterocycles. The molecule has 1 amide bonds. The van der Waals surface area contributed by atoms with Crippen molar-refractivity contribution in [2.75, 3.05) is 27.2 Å². The van der Waals surface area contributed by atoms with E-state index in [1.54, 1.807) is 14.1 Å². The Labute approximate surface area is 153 Å². The normalized spacial score (nSPS) is 16.5. The summed E-state index contributed by atoms with van der Waals surface area (Å²) in [7, 11) is -0.335. The lowest BCUT2D eigenvalue weighted by Gasteiger charge is -2.26. The van der Waals surface area contributed by atoms with Gasteiger partial charge in [0.2, 0.25) is 10.0 Å². The maximum Gasteiger partial charge on any atom is 0.253 e. The van der Waals surface area contributed by atoms with E-state index < -0.39 is 10.0 Å². The van der Waals surface area contributed by atoms with Gasteiger partial charge in [0.1, 0.15) is 5.75 Å². The molecule has 1 aliphatic heterocycles. The lowest BCUT2D eigenvalue weighted by Crippen LogP contribution is -2.31. The largest absolute Gasteiger partial charge is 0.493 e. The van der Waals surface area contributed by atoms with Crippen LogP contribution in [0.1, 0.15) is 28.3 Å². The molecule has 26 heavy (non-hydrogen) atoms. The quantitative estimate of drug-likeness (QED) is 0.871. The van der Waals surface area contributed by atoms with Crippen molar-refractivity contribution in [2.24, 2.45) is 0 Å². The van der Waals surface area contributed by atoms with Crippen LogP contribution in [0.25, 0.3) is 0 Å². The average molecular weight is 374 g/mol. The first kappa shape index (κ1) is 18.4. The molecule has 0 fully saturated rings. The van der Waals surface area contributed by atoms with E-state index in [1.165, 1.54) is 29.2 Å². The first-order chi connectivity index (χ1) is 12.4. The topological polar surface area (TPSA) is 75.7 Å². The lowest BCUT2D eigenvalue weighted by atomic mass is 9.93. The number of sulfonamides is 1. The number of nitrogens with zero attached hydrogens (tertiary/aromatic N) is 1. The highest BCUT2D eigenvalue weighted by Crippen LogP contribution is 2.33. The Morgan fingerprint density at radius 1 is 1.15 bits per heavy atom. The summed E-state index contributed by atoms with van der Waals surface area (Å²) in [6.07, 6.45) is 0.760. The number of amides is 1. The van der Waals surface area contributed by atoms with Gasteiger partial charge in [0.25, 0.3) is 5.91 Å². The molecular weight excluding hydrogens is 352 g/mol. The third-order valence-electron chi connectivity index (χ3n) is 4.42. The zero-order valence-electron chi connectivity index (χ0n) is 14.8. The van der Waals surface area contributed by atoms with Crippen LogP contribution < -0.4 is 9.46 Å². The molecule has 3 rings (SSSR count). The second kappa shape index (κ2) is 7.47. The molecule has 0 saturated heterocycles. The van der Waals surface area contributed by atoms with Crippen molar-refractivity contribution in [3.63, 3.8) is 0 Å². The average Bonchev–Trinajstić information content (AvgIpc) is 2.65. The van der Waals surface area contributed by atoms with E-state index in [1.807, 2.05) is 24.3 Å². The van der Waals surface area contributed by atoms with Crippen molar-refractivity contribution in [3.05, 3.63) is 59.7 Å². The number of hydrogen-bond donors (Lipinski definition) is 1. The number of benzene rings is 2. The van der Waals surface area contributed by atoms with Crippen molar-refractivity contribution >= 4 is 15.9 Å². The number of nitrogens with one attached hydrogen (secondary N) is 1. The van der Waals surface area contributed by atoms with E-state index in [4.69, 9.17) is 4.74 Å². The van der Waals surface area contributed by atoms with Gasteiger partial charge in [-0.2, -0.15) is 0 Å². The van der Waals surface area contributed by atoms with Crippen LogP contribution in [0.2, 0.25) is 0 Å². The predicted molar refractivity (Wildman–Crippen MR) is 98.9 cm³/mol. The summed E-state index contributed by atoms with van der Waals surface area (Å²) < 4.78 is 33.4. The molecule has 6 nitrogen and oxygen atoms in total. The molecule has 0 aromatic heterocycles. The molecule has 2 aromatic rings. The summed E-state index contributed by atoms with van der Waals surface area (Å²) in [5.41, 5.74) is 1.47. The molecule has 0 spiro atoms. The van der Waals surface area contributed by atoms with Crippen molar-refractivity contribution in [3.8, 4) is 5.75 Å². The molecule has 138 valence electrons. The highest BCUT2D eigenvalue weighted by Gasteiger charge is 2.23. The Morgan fingerprint density at radius 2 is 1.85 bits per heavy atom. The van der Waals surface area contributed by atoms with E-state index in [0.717, 1.165) is 17.7 Å². The molecule has 1 N–H and O–H groups in total. The minimum Gasteiger partial charge on any atom is -0.493 e. The number of carbonyl (C=O) groups excluding carboxylic acids is 1. The fourth-order valence-corrected chi connectivity index (χ4v) is 4.04. The maximum atomic E-state index is 12.6. The summed E-state index contributed by atoms with van der Waals surface area (Å²) >= 11 is 0. The Kier molecular flexibility index (Phi) is 5.29. The number of ether oxygens (including phenoxy) is 1. The Morgan fingerprint density at radius 3 is 2.54 bits per heavy atom. The van der Waals surface area contributed by atoms with Crippen LogP contribution >= 0.6 is 0 Å². The Bertz CT molecular complexity index is 892. The molecular formula is C19H22N2O4S. The first-order valence-corrected chi connectivity index (χ1v) is 9.90. The molecule has 1 atom stereocenters. The molecule has 1 aliphatic rings. The van der Waals surface area contributed by atoms with Crippen molar-refractivity contribution < 1.29 is 17.9 Å². The predicted octanol–water partition coefficient (Wildman–Crippen LogP) is 2.23. The fraction of sp³-hybridized carbons (Fsp3) is 0.316. The fourth-order valence-electron chi connectivity index (χ4n) is 2.96. The second-order valence-corrected chi connectivity index (χ2v) is 8.21. The Balaban J connectivity index is 1.71. The van der Waals surface area contributed by atoms with E-state index in [-0.39, 0.29) is 16.7 Å². The van der Waals surface area contributed by atoms with Gasteiger partial charge in [-0.15, -0.1) is 0 Å². The summed E-state index contributed by atoms with van der Waals surface area (Å²) in [4.78, 5) is 13.5. The van der Waals surface area contributed by atoms with Gasteiger partial charge in [-0.1, -0.05) is 18.2 Å². The number of rotatable bonds is 5. The van der Waals surface area contributed by atoms with Gasteiger partial charge in [-0.25, -0.2) is 13.1 Å². The standard InChI is InChI=1S/C19H22N2O4S/c1-21(2)19(22)14-7-9-16(10-8-14)26(23,24)20-13-15-11-12-25-18-6-4-3-5-17(15)18/h3-10,15,20H,11-13H2,1-2H3. The molecule has 0 saturated carbocycles. The van der Waals surface area contributed by atoms with Crippen LogP contribution in [-0.2, 0) is 10.0 Å². The molecule has 0 radical (unpaired) electrons. The summed E-state index contributed by atoms with van der Waals surface area (Å²) in [5.74, 6) is 0.722. The highest BCUT2D eigenvalue weighted by atomic mass is 32.2. The van der Waals surface area contributed by atoms with Crippen LogP contribution in [0.15, 0.2) is 53.4 Å². The van der Waals surface area contributed by atoms with Gasteiger partial charge in [0, 0.05) is 32.1 Å². The van der Waals surface area contributed by atoms with Crippen molar-refractivity contribution in [2.45, 2.75) is 17.2 Å². The van der Waals surface area contributed by atoms with Crippen LogP contribution in [-0.4, -0.2) is 46.5 Å². The smallest absolute Gasteiger partial charge is 0.253 e. The van der Waals surface area contributed by atoms with Gasteiger partial charge in [-0.05, 0) is 42.3 Å². The lowest BCUT2D eigenvalue weighted by molar-refractivity contribution is 0.0827. The van der Waals surface area contributed by atoms with Gasteiger partial charge in [0.05, 0.1) is 11.5 Å². The summed E-state index contributed by atoms with van der Waals surface area (Å²) in [6.45, 7) is 0.881. The summed E-state index contributed by atoms with van der Waals surface area (Å²) in [6, 6.07) is 13.7. The van der Waals surface area contributed by atoms with E-state index in [0.29, 0.717) is 18.7 Å². The van der Waals surface area contributed by atoms with Crippen LogP contribution in [0.5, 0.6) is 5.75 Å². The Hall–Kier alpha value is -2.38. The number of para-hydroxylation sites is 1. The van der Waals surface area contributed by atoms with Crippen molar-refractivity contribution in [1.29, 1.82) is 0 Å². The molecule has 7 heteroatoms. The number of hydrogen-bond acceptors (Lipinski definition) is 4. The SMILES string of the molecule is CN(C)C(=O)c1ccc(S(=O)(=O)NCC2CCOc3ccccc32)cc1. The zero-order valence-corrected chi connectivity index (χ0v) is 15.6. The zero-order chi connectivity index (χ0) is 18.7. The van der Waals surface area contributed by atoms with Crippen molar-refractivity contribution in [1.82, 2.24) is 9.62 Å². The van der Waals surface area contributed by atoms with Crippen LogP contribution in [0, 0.1) is 0 Å². The second-order valence-electron chi connectivity index (χ2n) is 6.45. The van der Waals surface area contributed by atoms with E-state index >= 15 is 0 Å². The summed E-state index contributed by atoms with van der Waals surface area (Å²) in [5, 5.41) is 0. The minimum atomic E-state index is -3.64. The van der Waals surface area contributed by atoms with E-state index in [9.17, 15) is 13.2 Å². The maximum absolute atomic E-state index is 12.6. The third kappa shape index (κ3) is 3.89. The molecule has 1 unspecified atom stereocenters. The van der Waals surface area contributed by atoms with Gasteiger partial charge in [-0.3, -0.25) is 4.79 Å². The number of fused-ring (bicyclic) bond motifs is 1. The highest BCUT2D eigenvalue weighted by molar-refractivity contribution is 7.89. The molecule has 2 aromatic carbocycles. The monoisotopic (exact) mass is 374 g/mol. The first-order valence-electron chi connectivity index (χ1n) is 8.41. The van der Waals surface area contributed by atoms with Crippen LogP contribution in [0.3, 0.4) is 0 Å².